The van der Waals surface area contributed by atoms with Gasteiger partial charge >= 0.3 is 0 Å². The van der Waals surface area contributed by atoms with Crippen molar-refractivity contribution in [2.45, 2.75) is 11.9 Å². The Morgan fingerprint density at radius 3 is 2.60 bits per heavy atom. The van der Waals surface area contributed by atoms with Crippen molar-refractivity contribution < 1.29 is 9.59 Å². The van der Waals surface area contributed by atoms with E-state index in [0.29, 0.717) is 23.6 Å². The second-order valence-corrected chi connectivity index (χ2v) is 7.81. The topological polar surface area (TPSA) is 74.7 Å². The fraction of sp³-hybridized carbons (Fsp3) is 0.130. The number of carbonyl (C=O) groups excluding carboxylic acids is 2. The summed E-state index contributed by atoms with van der Waals surface area (Å²) in [6, 6.07) is 22.7. The molecule has 0 spiro atoms. The highest BCUT2D eigenvalue weighted by Crippen LogP contribution is 2.39. The number of hydrogen-bond acceptors (Lipinski definition) is 5. The monoisotopic (exact) mass is 416 g/mol. The lowest BCUT2D eigenvalue weighted by atomic mass is 10.1. The van der Waals surface area contributed by atoms with Gasteiger partial charge in [-0.05, 0) is 35.4 Å². The molecule has 1 aliphatic rings. The molecule has 2 amide bonds. The van der Waals surface area contributed by atoms with Crippen LogP contribution in [0.4, 0.5) is 0 Å². The van der Waals surface area contributed by atoms with Crippen LogP contribution in [-0.2, 0) is 11.3 Å². The van der Waals surface area contributed by atoms with Gasteiger partial charge in [-0.25, -0.2) is 5.43 Å². The first-order valence-electron chi connectivity index (χ1n) is 9.50. The standard InChI is InChI=1S/C23H20N4O2S/c28-21-16-30-23(27(21)15-17-6-2-1-3-7-17)19-11-9-18(10-12-19)22(29)26-25-14-20-8-4-5-13-24-20/h1-14,23H,15-16H2,(H,26,29)/b25-14+. The highest BCUT2D eigenvalue weighted by atomic mass is 32.2. The number of amides is 2. The minimum Gasteiger partial charge on any atom is -0.322 e. The molecule has 2 aromatic carbocycles. The molecule has 0 bridgehead atoms. The molecular formula is C23H20N4O2S. The summed E-state index contributed by atoms with van der Waals surface area (Å²) in [4.78, 5) is 30.7. The minimum atomic E-state index is -0.301. The van der Waals surface area contributed by atoms with Crippen molar-refractivity contribution in [3.63, 3.8) is 0 Å². The number of nitrogens with one attached hydrogen (secondary N) is 1. The van der Waals surface area contributed by atoms with Crippen molar-refractivity contribution in [3.05, 3.63) is 101 Å². The van der Waals surface area contributed by atoms with Crippen LogP contribution in [0.2, 0.25) is 0 Å². The summed E-state index contributed by atoms with van der Waals surface area (Å²) in [6.07, 6.45) is 3.16. The summed E-state index contributed by atoms with van der Waals surface area (Å²) < 4.78 is 0. The van der Waals surface area contributed by atoms with Crippen LogP contribution in [0.25, 0.3) is 0 Å². The largest absolute Gasteiger partial charge is 0.322 e. The SMILES string of the molecule is O=C(N/N=C/c1ccccn1)c1ccc(C2SCC(=O)N2Cc2ccccc2)cc1. The smallest absolute Gasteiger partial charge is 0.271 e. The minimum absolute atomic E-state index is 0.0583. The van der Waals surface area contributed by atoms with Gasteiger partial charge < -0.3 is 4.90 Å². The van der Waals surface area contributed by atoms with E-state index in [1.807, 2.05) is 59.5 Å². The van der Waals surface area contributed by atoms with E-state index in [9.17, 15) is 9.59 Å². The Balaban J connectivity index is 1.41. The molecule has 3 aromatic rings. The molecule has 1 unspecified atom stereocenters. The van der Waals surface area contributed by atoms with Crippen LogP contribution in [-0.4, -0.2) is 33.7 Å². The summed E-state index contributed by atoms with van der Waals surface area (Å²) in [5, 5.41) is 3.88. The van der Waals surface area contributed by atoms with E-state index in [1.54, 1.807) is 36.2 Å². The quantitative estimate of drug-likeness (QED) is 0.492. The number of rotatable bonds is 6. The molecular weight excluding hydrogens is 396 g/mol. The zero-order valence-electron chi connectivity index (χ0n) is 16.1. The molecule has 1 aromatic heterocycles. The van der Waals surface area contributed by atoms with Crippen LogP contribution >= 0.6 is 11.8 Å². The van der Waals surface area contributed by atoms with Gasteiger partial charge in [-0.15, -0.1) is 11.8 Å². The van der Waals surface area contributed by atoms with Crippen LogP contribution in [0, 0.1) is 0 Å². The van der Waals surface area contributed by atoms with Gasteiger partial charge in [0.15, 0.2) is 0 Å². The van der Waals surface area contributed by atoms with Gasteiger partial charge in [0, 0.05) is 18.3 Å². The van der Waals surface area contributed by atoms with Crippen LogP contribution in [0.5, 0.6) is 0 Å². The van der Waals surface area contributed by atoms with Gasteiger partial charge in [-0.1, -0.05) is 48.5 Å². The van der Waals surface area contributed by atoms with E-state index in [-0.39, 0.29) is 17.2 Å². The lowest BCUT2D eigenvalue weighted by molar-refractivity contribution is -0.128. The Morgan fingerprint density at radius 2 is 1.87 bits per heavy atom. The molecule has 30 heavy (non-hydrogen) atoms. The maximum atomic E-state index is 12.4. The average molecular weight is 417 g/mol. The Labute approximate surface area is 179 Å². The van der Waals surface area contributed by atoms with E-state index < -0.39 is 0 Å². The molecule has 1 saturated heterocycles. The molecule has 7 heteroatoms. The van der Waals surface area contributed by atoms with Crippen molar-refractivity contribution in [2.75, 3.05) is 5.75 Å². The third-order valence-electron chi connectivity index (χ3n) is 4.67. The van der Waals surface area contributed by atoms with Gasteiger partial charge in [-0.2, -0.15) is 5.10 Å². The molecule has 0 saturated carbocycles. The summed E-state index contributed by atoms with van der Waals surface area (Å²) in [7, 11) is 0. The molecule has 4 rings (SSSR count). The fourth-order valence-electron chi connectivity index (χ4n) is 3.15. The van der Waals surface area contributed by atoms with Crippen LogP contribution < -0.4 is 5.43 Å². The summed E-state index contributed by atoms with van der Waals surface area (Å²) in [5.41, 5.74) is 5.76. The number of aromatic nitrogens is 1. The van der Waals surface area contributed by atoms with Gasteiger partial charge in [0.25, 0.3) is 5.91 Å². The number of benzene rings is 2. The highest BCUT2D eigenvalue weighted by Gasteiger charge is 2.32. The van der Waals surface area contributed by atoms with Crippen LogP contribution in [0.1, 0.15) is 32.6 Å². The molecule has 1 fully saturated rings. The predicted octanol–water partition coefficient (Wildman–Crippen LogP) is 3.62. The molecule has 1 atom stereocenters. The first-order valence-corrected chi connectivity index (χ1v) is 10.5. The number of pyridine rings is 1. The first kappa shape index (κ1) is 19.8. The van der Waals surface area contributed by atoms with Gasteiger partial charge in [0.1, 0.15) is 5.37 Å². The molecule has 150 valence electrons. The van der Waals surface area contributed by atoms with E-state index in [1.165, 1.54) is 6.21 Å². The van der Waals surface area contributed by atoms with Crippen molar-refractivity contribution in [2.24, 2.45) is 5.10 Å². The van der Waals surface area contributed by atoms with Crippen molar-refractivity contribution in [1.82, 2.24) is 15.3 Å². The Kier molecular flexibility index (Phi) is 6.20. The molecule has 0 radical (unpaired) electrons. The van der Waals surface area contributed by atoms with Gasteiger partial charge in [-0.3, -0.25) is 14.6 Å². The number of nitrogens with zero attached hydrogens (tertiary/aromatic N) is 3. The lowest BCUT2D eigenvalue weighted by Crippen LogP contribution is -2.27. The van der Waals surface area contributed by atoms with Crippen molar-refractivity contribution in [1.29, 1.82) is 0 Å². The Hall–Kier alpha value is -3.45. The summed E-state index contributed by atoms with van der Waals surface area (Å²) >= 11 is 1.60. The zero-order chi connectivity index (χ0) is 20.8. The van der Waals surface area contributed by atoms with Crippen molar-refractivity contribution in [3.8, 4) is 0 Å². The van der Waals surface area contributed by atoms with Gasteiger partial charge in [0.05, 0.1) is 17.7 Å². The zero-order valence-corrected chi connectivity index (χ0v) is 17.0. The average Bonchev–Trinajstić information content (AvgIpc) is 3.15. The molecule has 1 aliphatic heterocycles. The molecule has 0 aliphatic carbocycles. The van der Waals surface area contributed by atoms with Gasteiger partial charge in [0.2, 0.25) is 5.91 Å². The first-order chi connectivity index (χ1) is 14.7. The third-order valence-corrected chi connectivity index (χ3v) is 5.93. The third kappa shape index (κ3) is 4.75. The second-order valence-electron chi connectivity index (χ2n) is 6.75. The van der Waals surface area contributed by atoms with E-state index in [0.717, 1.165) is 11.1 Å². The summed E-state index contributed by atoms with van der Waals surface area (Å²) in [5.74, 6) is 0.284. The molecule has 2 heterocycles. The summed E-state index contributed by atoms with van der Waals surface area (Å²) in [6.45, 7) is 0.571. The highest BCUT2D eigenvalue weighted by molar-refractivity contribution is 8.00. The fourth-order valence-corrected chi connectivity index (χ4v) is 4.34. The van der Waals surface area contributed by atoms with Crippen LogP contribution in [0.3, 0.4) is 0 Å². The maximum Gasteiger partial charge on any atom is 0.271 e. The van der Waals surface area contributed by atoms with E-state index in [2.05, 4.69) is 15.5 Å². The number of thioether (sulfide) groups is 1. The Bertz CT molecular complexity index is 1040. The maximum absolute atomic E-state index is 12.4. The number of carbonyl (C=O) groups is 2. The number of hydrazone groups is 1. The second kappa shape index (κ2) is 9.37. The Morgan fingerprint density at radius 1 is 1.10 bits per heavy atom. The van der Waals surface area contributed by atoms with E-state index in [4.69, 9.17) is 0 Å². The normalized spacial score (nSPS) is 16.2. The predicted molar refractivity (Wildman–Crippen MR) is 118 cm³/mol. The molecule has 1 N–H and O–H groups in total. The number of hydrogen-bond donors (Lipinski definition) is 1. The van der Waals surface area contributed by atoms with E-state index >= 15 is 0 Å². The van der Waals surface area contributed by atoms with Crippen molar-refractivity contribution >= 4 is 29.8 Å². The van der Waals surface area contributed by atoms with Crippen LogP contribution in [0.15, 0.2) is 84.1 Å². The lowest BCUT2D eigenvalue weighted by Gasteiger charge is -2.24. The molecule has 6 nitrogen and oxygen atoms in total.